The molecule has 0 bridgehead atoms. The highest BCUT2D eigenvalue weighted by Crippen LogP contribution is 2.42. The third-order valence-electron chi connectivity index (χ3n) is 4.77. The Labute approximate surface area is 161 Å². The van der Waals surface area contributed by atoms with Crippen molar-refractivity contribution < 1.29 is 28.5 Å². The van der Waals surface area contributed by atoms with Crippen LogP contribution in [0.25, 0.3) is 0 Å². The summed E-state index contributed by atoms with van der Waals surface area (Å²) in [6, 6.07) is 10.3. The molecule has 8 nitrogen and oxygen atoms in total. The van der Waals surface area contributed by atoms with Gasteiger partial charge in [0.25, 0.3) is 0 Å². The monoisotopic (exact) mass is 384 g/mol. The van der Waals surface area contributed by atoms with Crippen molar-refractivity contribution in [1.82, 2.24) is 0 Å². The summed E-state index contributed by atoms with van der Waals surface area (Å²) < 4.78 is 21.0. The predicted octanol–water partition coefficient (Wildman–Crippen LogP) is 2.65. The van der Waals surface area contributed by atoms with Crippen LogP contribution in [0.15, 0.2) is 36.4 Å². The van der Waals surface area contributed by atoms with Gasteiger partial charge in [-0.15, -0.1) is 0 Å². The molecule has 1 aliphatic carbocycles. The van der Waals surface area contributed by atoms with Gasteiger partial charge in [-0.3, -0.25) is 9.59 Å². The maximum atomic E-state index is 12.5. The lowest BCUT2D eigenvalue weighted by Gasteiger charge is -2.11. The first-order chi connectivity index (χ1) is 13.6. The Bertz CT molecular complexity index is 929. The summed E-state index contributed by atoms with van der Waals surface area (Å²) in [5.74, 6) is 1.21. The number of anilines is 2. The van der Waals surface area contributed by atoms with Crippen LogP contribution in [-0.2, 0) is 9.59 Å². The molecule has 0 aromatic heterocycles. The van der Waals surface area contributed by atoms with Gasteiger partial charge < -0.3 is 29.6 Å². The van der Waals surface area contributed by atoms with Crippen molar-refractivity contribution in [3.8, 4) is 23.0 Å². The van der Waals surface area contributed by atoms with Crippen LogP contribution in [0.1, 0.15) is 6.42 Å². The molecule has 2 atom stereocenters. The van der Waals surface area contributed by atoms with Crippen molar-refractivity contribution in [2.24, 2.45) is 11.8 Å². The van der Waals surface area contributed by atoms with E-state index in [1.165, 1.54) is 7.11 Å². The largest absolute Gasteiger partial charge is 0.497 e. The van der Waals surface area contributed by atoms with Crippen LogP contribution in [0.5, 0.6) is 23.0 Å². The fraction of sp³-hybridized carbons (Fsp3) is 0.300. The van der Waals surface area contributed by atoms with E-state index >= 15 is 0 Å². The van der Waals surface area contributed by atoms with Crippen molar-refractivity contribution in [2.75, 3.05) is 31.6 Å². The van der Waals surface area contributed by atoms with Crippen LogP contribution < -0.4 is 29.6 Å². The number of carbonyl (C=O) groups is 2. The van der Waals surface area contributed by atoms with Gasteiger partial charge in [0, 0.05) is 17.8 Å². The molecule has 0 spiro atoms. The zero-order valence-corrected chi connectivity index (χ0v) is 15.5. The summed E-state index contributed by atoms with van der Waals surface area (Å²) in [6.45, 7) is 0.173. The molecule has 2 amide bonds. The van der Waals surface area contributed by atoms with E-state index in [2.05, 4.69) is 10.6 Å². The number of hydrogen-bond acceptors (Lipinski definition) is 6. The van der Waals surface area contributed by atoms with Gasteiger partial charge in [0.05, 0.1) is 31.7 Å². The molecule has 1 heterocycles. The van der Waals surface area contributed by atoms with E-state index in [0.29, 0.717) is 40.8 Å². The molecule has 2 N–H and O–H groups in total. The Morgan fingerprint density at radius 1 is 0.929 bits per heavy atom. The molecule has 4 rings (SSSR count). The molecule has 1 aliphatic heterocycles. The maximum Gasteiger partial charge on any atom is 0.231 e. The van der Waals surface area contributed by atoms with Crippen molar-refractivity contribution in [2.45, 2.75) is 6.42 Å². The maximum absolute atomic E-state index is 12.5. The van der Waals surface area contributed by atoms with E-state index in [9.17, 15) is 9.59 Å². The Hall–Kier alpha value is -3.42. The van der Waals surface area contributed by atoms with Crippen LogP contribution in [0.3, 0.4) is 0 Å². The molecular formula is C20H20N2O6. The molecule has 8 heteroatoms. The first-order valence-electron chi connectivity index (χ1n) is 8.82. The highest BCUT2D eigenvalue weighted by molar-refractivity contribution is 6.03. The molecule has 0 saturated heterocycles. The molecule has 2 unspecified atom stereocenters. The van der Waals surface area contributed by atoms with Gasteiger partial charge in [-0.25, -0.2) is 0 Å². The summed E-state index contributed by atoms with van der Waals surface area (Å²) in [7, 11) is 3.07. The third kappa shape index (κ3) is 3.53. The normalized spacial score (nSPS) is 18.9. The van der Waals surface area contributed by atoms with E-state index in [1.54, 1.807) is 43.5 Å². The van der Waals surface area contributed by atoms with E-state index < -0.39 is 0 Å². The summed E-state index contributed by atoms with van der Waals surface area (Å²) in [6.07, 6.45) is 0.501. The SMILES string of the molecule is COc1ccc(NC(=O)C2CC2C(=O)Nc2ccc3c(c2)OCO3)c(OC)c1. The molecule has 1 fully saturated rings. The second kappa shape index (κ2) is 7.30. The first kappa shape index (κ1) is 18.0. The highest BCUT2D eigenvalue weighted by atomic mass is 16.7. The zero-order valence-electron chi connectivity index (χ0n) is 15.5. The van der Waals surface area contributed by atoms with Gasteiger partial charge >= 0.3 is 0 Å². The Morgan fingerprint density at radius 3 is 2.43 bits per heavy atom. The lowest BCUT2D eigenvalue weighted by atomic mass is 10.2. The summed E-state index contributed by atoms with van der Waals surface area (Å²) in [4.78, 5) is 24.9. The van der Waals surface area contributed by atoms with Crippen LogP contribution in [0.4, 0.5) is 11.4 Å². The number of carbonyl (C=O) groups excluding carboxylic acids is 2. The molecule has 2 aromatic rings. The van der Waals surface area contributed by atoms with Gasteiger partial charge in [-0.05, 0) is 30.7 Å². The van der Waals surface area contributed by atoms with E-state index in [-0.39, 0.29) is 30.4 Å². The van der Waals surface area contributed by atoms with Gasteiger partial charge in [0.15, 0.2) is 11.5 Å². The van der Waals surface area contributed by atoms with Gasteiger partial charge in [-0.2, -0.15) is 0 Å². The van der Waals surface area contributed by atoms with E-state index in [1.807, 2.05) is 0 Å². The minimum absolute atomic E-state index is 0.173. The fourth-order valence-corrected chi connectivity index (χ4v) is 3.11. The number of hydrogen-bond donors (Lipinski definition) is 2. The molecule has 146 valence electrons. The smallest absolute Gasteiger partial charge is 0.231 e. The number of fused-ring (bicyclic) bond motifs is 1. The number of rotatable bonds is 6. The molecular weight excluding hydrogens is 364 g/mol. The number of amides is 2. The zero-order chi connectivity index (χ0) is 19.7. The average Bonchev–Trinajstić information content (AvgIpc) is 3.39. The fourth-order valence-electron chi connectivity index (χ4n) is 3.11. The lowest BCUT2D eigenvalue weighted by molar-refractivity contribution is -0.122. The second-order valence-corrected chi connectivity index (χ2v) is 6.56. The van der Waals surface area contributed by atoms with Crippen LogP contribution in [0.2, 0.25) is 0 Å². The number of benzene rings is 2. The van der Waals surface area contributed by atoms with Crippen LogP contribution >= 0.6 is 0 Å². The lowest BCUT2D eigenvalue weighted by Crippen LogP contribution is -2.20. The predicted molar refractivity (Wildman–Crippen MR) is 101 cm³/mol. The first-order valence-corrected chi connectivity index (χ1v) is 8.82. The molecule has 2 aromatic carbocycles. The standard InChI is InChI=1S/C20H20N2O6/c1-25-12-4-5-15(17(8-12)26-2)22-20(24)14-9-13(14)19(23)21-11-3-6-16-18(7-11)28-10-27-16/h3-8,13-14H,9-10H2,1-2H3,(H,21,23)(H,22,24). The second-order valence-electron chi connectivity index (χ2n) is 6.56. The Morgan fingerprint density at radius 2 is 1.68 bits per heavy atom. The van der Waals surface area contributed by atoms with Crippen LogP contribution in [-0.4, -0.2) is 32.8 Å². The highest BCUT2D eigenvalue weighted by Gasteiger charge is 2.48. The topological polar surface area (TPSA) is 95.1 Å². The van der Waals surface area contributed by atoms with Crippen molar-refractivity contribution >= 4 is 23.2 Å². The quantitative estimate of drug-likeness (QED) is 0.795. The van der Waals surface area contributed by atoms with Gasteiger partial charge in [0.1, 0.15) is 11.5 Å². The summed E-state index contributed by atoms with van der Waals surface area (Å²) in [5.41, 5.74) is 1.15. The van der Waals surface area contributed by atoms with Crippen molar-refractivity contribution in [1.29, 1.82) is 0 Å². The van der Waals surface area contributed by atoms with Crippen LogP contribution in [0, 0.1) is 11.8 Å². The van der Waals surface area contributed by atoms with Gasteiger partial charge in [0.2, 0.25) is 18.6 Å². The minimum atomic E-state index is -0.374. The van der Waals surface area contributed by atoms with Gasteiger partial charge in [-0.1, -0.05) is 0 Å². The molecule has 28 heavy (non-hydrogen) atoms. The van der Waals surface area contributed by atoms with E-state index in [4.69, 9.17) is 18.9 Å². The third-order valence-corrected chi connectivity index (χ3v) is 4.77. The number of methoxy groups -OCH3 is 2. The minimum Gasteiger partial charge on any atom is -0.497 e. The number of nitrogens with one attached hydrogen (secondary N) is 2. The summed E-state index contributed by atoms with van der Waals surface area (Å²) in [5, 5.41) is 5.65. The summed E-state index contributed by atoms with van der Waals surface area (Å²) >= 11 is 0. The molecule has 0 radical (unpaired) electrons. The van der Waals surface area contributed by atoms with Crippen molar-refractivity contribution in [3.05, 3.63) is 36.4 Å². The Balaban J connectivity index is 1.36. The average molecular weight is 384 g/mol. The Kier molecular flexibility index (Phi) is 4.68. The molecule has 1 saturated carbocycles. The van der Waals surface area contributed by atoms with E-state index in [0.717, 1.165) is 0 Å². The number of ether oxygens (including phenoxy) is 4. The molecule has 2 aliphatic rings. The van der Waals surface area contributed by atoms with Crippen molar-refractivity contribution in [3.63, 3.8) is 0 Å².